The molecule has 0 saturated carbocycles. The summed E-state index contributed by atoms with van der Waals surface area (Å²) < 4.78 is 24.0. The number of ether oxygens (including phenoxy) is 2. The Hall–Kier alpha value is -1.56. The third-order valence-electron chi connectivity index (χ3n) is 4.48. The van der Waals surface area contributed by atoms with Crippen LogP contribution in [0, 0.1) is 5.41 Å². The molecule has 2 rings (SSSR count). The zero-order chi connectivity index (χ0) is 25.3. The van der Waals surface area contributed by atoms with Crippen molar-refractivity contribution >= 4 is 31.4 Å². The molecule has 1 saturated heterocycles. The van der Waals surface area contributed by atoms with Gasteiger partial charge in [-0.1, -0.05) is 32.5 Å². The molecular weight excluding hydrogens is 485 g/mol. The van der Waals surface area contributed by atoms with E-state index < -0.39 is 37.4 Å². The van der Waals surface area contributed by atoms with Gasteiger partial charge in [0, 0.05) is 23.4 Å². The van der Waals surface area contributed by atoms with Gasteiger partial charge in [-0.25, -0.2) is 9.88 Å². The minimum atomic E-state index is -1.64. The zero-order valence-electron chi connectivity index (χ0n) is 20.2. The van der Waals surface area contributed by atoms with Crippen molar-refractivity contribution in [3.8, 4) is 0 Å². The SMILES string of the molecule is CC(C)OC(=O)CNP(OCCSC(=O)C(C)(C)C)OCC1CCC(n2ccc(=O)[nH]c2=O)O1. The topological polar surface area (TPSA) is 138 Å². The van der Waals surface area contributed by atoms with E-state index in [1.54, 1.807) is 13.8 Å². The molecule has 34 heavy (non-hydrogen) atoms. The number of aromatic amines is 1. The van der Waals surface area contributed by atoms with Crippen molar-refractivity contribution in [1.29, 1.82) is 0 Å². The number of aromatic nitrogens is 2. The minimum absolute atomic E-state index is 0.0673. The average Bonchev–Trinajstić information content (AvgIpc) is 3.19. The fourth-order valence-electron chi connectivity index (χ4n) is 2.85. The van der Waals surface area contributed by atoms with Crippen molar-refractivity contribution in [3.05, 3.63) is 33.1 Å². The normalized spacial score (nSPS) is 19.4. The first-order chi connectivity index (χ1) is 16.0. The highest BCUT2D eigenvalue weighted by Crippen LogP contribution is 2.36. The van der Waals surface area contributed by atoms with Gasteiger partial charge in [0.1, 0.15) is 12.8 Å². The van der Waals surface area contributed by atoms with Gasteiger partial charge in [-0.15, -0.1) is 0 Å². The maximum Gasteiger partial charge on any atom is 0.330 e. The molecule has 0 spiro atoms. The number of carbonyl (C=O) groups is 2. The molecule has 1 aliphatic heterocycles. The largest absolute Gasteiger partial charge is 0.462 e. The maximum absolute atomic E-state index is 12.1. The van der Waals surface area contributed by atoms with Gasteiger partial charge in [0.2, 0.25) is 0 Å². The summed E-state index contributed by atoms with van der Waals surface area (Å²) >= 11 is 1.19. The highest BCUT2D eigenvalue weighted by atomic mass is 32.2. The predicted molar refractivity (Wildman–Crippen MR) is 129 cm³/mol. The molecule has 0 aliphatic carbocycles. The van der Waals surface area contributed by atoms with Crippen LogP contribution in [-0.2, 0) is 28.1 Å². The van der Waals surface area contributed by atoms with Gasteiger partial charge in [-0.2, -0.15) is 0 Å². The molecule has 1 aromatic rings. The number of H-pyrrole nitrogens is 1. The lowest BCUT2D eigenvalue weighted by Gasteiger charge is -2.21. The van der Waals surface area contributed by atoms with Gasteiger partial charge in [0.15, 0.2) is 5.12 Å². The molecule has 0 radical (unpaired) electrons. The van der Waals surface area contributed by atoms with Gasteiger partial charge in [-0.3, -0.25) is 23.9 Å². The van der Waals surface area contributed by atoms with E-state index in [2.05, 4.69) is 10.1 Å². The predicted octanol–water partition coefficient (Wildman–Crippen LogP) is 2.32. The summed E-state index contributed by atoms with van der Waals surface area (Å²) in [5.74, 6) is 0.0229. The smallest absolute Gasteiger partial charge is 0.330 e. The van der Waals surface area contributed by atoms with Gasteiger partial charge in [0.05, 0.1) is 25.4 Å². The highest BCUT2D eigenvalue weighted by Gasteiger charge is 2.29. The van der Waals surface area contributed by atoms with Crippen LogP contribution >= 0.6 is 20.3 Å². The molecule has 1 aromatic heterocycles. The second-order valence-electron chi connectivity index (χ2n) is 8.95. The standard InChI is InChI=1S/C21H34N3O8PS/c1-14(2)31-18(26)12-22-33(29-10-11-34-19(27)21(3,4)5)30-13-15-6-7-17(32-15)24-9-8-16(25)23-20(24)28/h8-9,14-15,17,22H,6-7,10-13H2,1-5H3,(H,23,25,28). The Bertz CT molecular complexity index is 930. The highest BCUT2D eigenvalue weighted by molar-refractivity contribution is 8.13. The average molecular weight is 520 g/mol. The summed E-state index contributed by atoms with van der Waals surface area (Å²) in [6.45, 7) is 9.45. The van der Waals surface area contributed by atoms with E-state index in [1.165, 1.54) is 28.6 Å². The van der Waals surface area contributed by atoms with Crippen LogP contribution in [0.5, 0.6) is 0 Å². The van der Waals surface area contributed by atoms with E-state index in [0.29, 0.717) is 18.6 Å². The Labute approximate surface area is 204 Å². The van der Waals surface area contributed by atoms with Crippen LogP contribution in [0.3, 0.4) is 0 Å². The Morgan fingerprint density at radius 3 is 2.68 bits per heavy atom. The minimum Gasteiger partial charge on any atom is -0.462 e. The molecule has 11 nitrogen and oxygen atoms in total. The van der Waals surface area contributed by atoms with Crippen LogP contribution in [0.4, 0.5) is 0 Å². The number of nitrogens with zero attached hydrogens (tertiary/aromatic N) is 1. The number of esters is 1. The van der Waals surface area contributed by atoms with Crippen molar-refractivity contribution in [3.63, 3.8) is 0 Å². The lowest BCUT2D eigenvalue weighted by Crippen LogP contribution is -2.31. The van der Waals surface area contributed by atoms with Crippen LogP contribution in [0.2, 0.25) is 0 Å². The van der Waals surface area contributed by atoms with Gasteiger partial charge < -0.3 is 18.5 Å². The zero-order valence-corrected chi connectivity index (χ0v) is 21.9. The van der Waals surface area contributed by atoms with Gasteiger partial charge in [-0.05, 0) is 26.7 Å². The van der Waals surface area contributed by atoms with Crippen molar-refractivity contribution < 1.29 is 28.1 Å². The second-order valence-corrected chi connectivity index (χ2v) is 11.4. The third-order valence-corrected chi connectivity index (χ3v) is 6.94. The van der Waals surface area contributed by atoms with E-state index in [9.17, 15) is 19.2 Å². The molecule has 3 atom stereocenters. The molecule has 3 unspecified atom stereocenters. The lowest BCUT2D eigenvalue weighted by molar-refractivity contribution is -0.145. The first-order valence-electron chi connectivity index (χ1n) is 11.1. The van der Waals surface area contributed by atoms with Crippen molar-refractivity contribution in [2.75, 3.05) is 25.5 Å². The van der Waals surface area contributed by atoms with E-state index in [1.807, 2.05) is 20.8 Å². The molecule has 1 fully saturated rings. The summed E-state index contributed by atoms with van der Waals surface area (Å²) in [6.07, 6.45) is 1.60. The maximum atomic E-state index is 12.1. The van der Waals surface area contributed by atoms with Crippen molar-refractivity contribution in [2.24, 2.45) is 5.41 Å². The van der Waals surface area contributed by atoms with Crippen LogP contribution < -0.4 is 16.3 Å². The summed E-state index contributed by atoms with van der Waals surface area (Å²) in [6, 6.07) is 1.27. The molecule has 2 N–H and O–H groups in total. The van der Waals surface area contributed by atoms with Gasteiger partial charge in [0.25, 0.3) is 14.1 Å². The fraction of sp³-hybridized carbons (Fsp3) is 0.714. The monoisotopic (exact) mass is 519 g/mol. The van der Waals surface area contributed by atoms with Crippen molar-refractivity contribution in [1.82, 2.24) is 14.6 Å². The molecule has 2 heterocycles. The summed E-state index contributed by atoms with van der Waals surface area (Å²) in [5.41, 5.74) is -1.43. The van der Waals surface area contributed by atoms with E-state index in [0.717, 1.165) is 0 Å². The van der Waals surface area contributed by atoms with Crippen molar-refractivity contribution in [2.45, 2.75) is 65.9 Å². The number of rotatable bonds is 12. The number of hydrogen-bond donors (Lipinski definition) is 2. The number of hydrogen-bond acceptors (Lipinski definition) is 10. The second kappa shape index (κ2) is 13.5. The lowest BCUT2D eigenvalue weighted by atomic mass is 10.00. The Morgan fingerprint density at radius 2 is 2.03 bits per heavy atom. The van der Waals surface area contributed by atoms with Gasteiger partial charge >= 0.3 is 11.7 Å². The van der Waals surface area contributed by atoms with Crippen LogP contribution in [0.1, 0.15) is 53.7 Å². The Kier molecular flexibility index (Phi) is 11.4. The van der Waals surface area contributed by atoms with E-state index in [-0.39, 0.29) is 37.1 Å². The Morgan fingerprint density at radius 1 is 1.29 bits per heavy atom. The van der Waals surface area contributed by atoms with Crippen LogP contribution in [-0.4, -0.2) is 58.4 Å². The first-order valence-corrected chi connectivity index (χ1v) is 13.2. The molecule has 1 aliphatic rings. The van der Waals surface area contributed by atoms with Crippen LogP contribution in [0.25, 0.3) is 0 Å². The van der Waals surface area contributed by atoms with Crippen LogP contribution in [0.15, 0.2) is 21.9 Å². The fourth-order valence-corrected chi connectivity index (χ4v) is 4.83. The number of nitrogens with one attached hydrogen (secondary N) is 2. The summed E-state index contributed by atoms with van der Waals surface area (Å²) in [4.78, 5) is 49.4. The summed E-state index contributed by atoms with van der Waals surface area (Å²) in [5, 5.41) is 2.99. The first kappa shape index (κ1) is 28.7. The molecular formula is C21H34N3O8PS. The molecule has 192 valence electrons. The summed E-state index contributed by atoms with van der Waals surface area (Å²) in [7, 11) is -1.64. The number of thioether (sulfide) groups is 1. The Balaban J connectivity index is 1.86. The third kappa shape index (κ3) is 9.97. The van der Waals surface area contributed by atoms with E-state index in [4.69, 9.17) is 18.5 Å². The molecule has 0 aromatic carbocycles. The van der Waals surface area contributed by atoms with E-state index >= 15 is 0 Å². The molecule has 13 heteroatoms. The molecule has 0 bridgehead atoms. The molecule has 0 amide bonds. The number of carbonyl (C=O) groups excluding carboxylic acids is 2. The quantitative estimate of drug-likeness (QED) is 0.240.